The van der Waals surface area contributed by atoms with E-state index in [0.717, 1.165) is 6.42 Å². The van der Waals surface area contributed by atoms with Gasteiger partial charge in [0.15, 0.2) is 0 Å². The van der Waals surface area contributed by atoms with Crippen LogP contribution in [0.15, 0.2) is 12.2 Å². The molecule has 4 heteroatoms. The smallest absolute Gasteiger partial charge is 0.214 e. The summed E-state index contributed by atoms with van der Waals surface area (Å²) in [5, 5.41) is 11.5. The molecule has 100 valence electrons. The Bertz CT molecular complexity index is 287. The molecule has 1 N–H and O–H groups in total. The number of hydroxylamine groups is 2. The van der Waals surface area contributed by atoms with Crippen LogP contribution in [0.1, 0.15) is 48.0 Å². The first kappa shape index (κ1) is 16.7. The average Bonchev–Trinajstić information content (AvgIpc) is 2.14. The summed E-state index contributed by atoms with van der Waals surface area (Å²) < 4.78 is 0. The van der Waals surface area contributed by atoms with Crippen LogP contribution in [-0.2, 0) is 4.79 Å². The van der Waals surface area contributed by atoms with Crippen molar-refractivity contribution in [3.05, 3.63) is 12.2 Å². The van der Waals surface area contributed by atoms with E-state index in [4.69, 9.17) is 0 Å². The third-order valence-corrected chi connectivity index (χ3v) is 3.68. The van der Waals surface area contributed by atoms with Gasteiger partial charge in [0.25, 0.3) is 0 Å². The van der Waals surface area contributed by atoms with Gasteiger partial charge in [-0.2, -0.15) is 5.06 Å². The van der Waals surface area contributed by atoms with Gasteiger partial charge in [-0.1, -0.05) is 25.3 Å². The van der Waals surface area contributed by atoms with Crippen molar-refractivity contribution in [2.45, 2.75) is 64.8 Å². The molecule has 0 radical (unpaired) electrons. The maximum Gasteiger partial charge on any atom is 0.214 e. The highest BCUT2D eigenvalue weighted by Crippen LogP contribution is 2.28. The molecule has 0 bridgehead atoms. The highest BCUT2D eigenvalue weighted by molar-refractivity contribution is 8.14. The minimum atomic E-state index is -0.337. The summed E-state index contributed by atoms with van der Waals surface area (Å²) in [7, 11) is 0. The number of carbonyl (C=O) groups excluding carboxylic acids is 1. The summed E-state index contributed by atoms with van der Waals surface area (Å²) in [5.74, 6) is 0. The van der Waals surface area contributed by atoms with E-state index < -0.39 is 0 Å². The van der Waals surface area contributed by atoms with Crippen molar-refractivity contribution in [1.29, 1.82) is 0 Å². The summed E-state index contributed by atoms with van der Waals surface area (Å²) in [4.78, 5) is 11.5. The second kappa shape index (κ2) is 6.57. The SMILES string of the molecule is C=C(C)C(=O)SC(C)CC(C)(C)N(O)C(C)C. The van der Waals surface area contributed by atoms with Crippen molar-refractivity contribution in [3.63, 3.8) is 0 Å². The average molecular weight is 259 g/mol. The largest absolute Gasteiger partial charge is 0.313 e. The molecule has 0 aliphatic rings. The van der Waals surface area contributed by atoms with Gasteiger partial charge in [0.05, 0.1) is 0 Å². The van der Waals surface area contributed by atoms with Gasteiger partial charge in [0, 0.05) is 16.8 Å². The lowest BCUT2D eigenvalue weighted by Crippen LogP contribution is -2.47. The molecule has 0 aliphatic heterocycles. The molecule has 17 heavy (non-hydrogen) atoms. The molecule has 0 rings (SSSR count). The minimum Gasteiger partial charge on any atom is -0.313 e. The Balaban J connectivity index is 4.41. The number of thioether (sulfide) groups is 1. The van der Waals surface area contributed by atoms with Crippen molar-refractivity contribution in [1.82, 2.24) is 5.06 Å². The second-order valence-corrected chi connectivity index (χ2v) is 6.86. The van der Waals surface area contributed by atoms with Gasteiger partial charge in [-0.3, -0.25) is 4.79 Å². The molecule has 1 atom stereocenters. The third kappa shape index (κ3) is 5.70. The van der Waals surface area contributed by atoms with Crippen LogP contribution in [0, 0.1) is 0 Å². The number of carbonyl (C=O) groups is 1. The molecule has 0 aromatic carbocycles. The molecular weight excluding hydrogens is 234 g/mol. The van der Waals surface area contributed by atoms with E-state index in [-0.39, 0.29) is 21.9 Å². The van der Waals surface area contributed by atoms with E-state index in [0.29, 0.717) is 5.57 Å². The van der Waals surface area contributed by atoms with Gasteiger partial charge < -0.3 is 5.21 Å². The van der Waals surface area contributed by atoms with E-state index >= 15 is 0 Å². The van der Waals surface area contributed by atoms with Crippen LogP contribution in [0.2, 0.25) is 0 Å². The van der Waals surface area contributed by atoms with Crippen LogP contribution in [-0.4, -0.2) is 32.2 Å². The first-order valence-electron chi connectivity index (χ1n) is 5.92. The van der Waals surface area contributed by atoms with Crippen molar-refractivity contribution < 1.29 is 10.0 Å². The molecule has 0 aromatic rings. The minimum absolute atomic E-state index is 0.0299. The van der Waals surface area contributed by atoms with E-state index in [1.54, 1.807) is 6.92 Å². The molecule has 0 heterocycles. The lowest BCUT2D eigenvalue weighted by atomic mass is 9.97. The van der Waals surface area contributed by atoms with E-state index in [2.05, 4.69) is 6.58 Å². The molecule has 0 aliphatic carbocycles. The Hall–Kier alpha value is -0.320. The molecule has 0 amide bonds. The first-order chi connectivity index (χ1) is 7.58. The molecule has 0 fully saturated rings. The lowest BCUT2D eigenvalue weighted by molar-refractivity contribution is -0.186. The maximum absolute atomic E-state index is 11.5. The normalized spacial score (nSPS) is 14.2. The molecule has 0 spiro atoms. The van der Waals surface area contributed by atoms with Gasteiger partial charge >= 0.3 is 0 Å². The summed E-state index contributed by atoms with van der Waals surface area (Å²) in [6.45, 7) is 15.2. The number of hydrogen-bond donors (Lipinski definition) is 1. The van der Waals surface area contributed by atoms with Gasteiger partial charge in [0.2, 0.25) is 5.12 Å². The van der Waals surface area contributed by atoms with Crippen LogP contribution >= 0.6 is 11.8 Å². The quantitative estimate of drug-likeness (QED) is 0.585. The van der Waals surface area contributed by atoms with Crippen molar-refractivity contribution in [2.24, 2.45) is 0 Å². The molecule has 1 unspecified atom stereocenters. The lowest BCUT2D eigenvalue weighted by Gasteiger charge is -2.37. The zero-order chi connectivity index (χ0) is 13.8. The zero-order valence-electron chi connectivity index (χ0n) is 11.8. The Morgan fingerprint density at radius 1 is 1.41 bits per heavy atom. The predicted molar refractivity (Wildman–Crippen MR) is 74.3 cm³/mol. The maximum atomic E-state index is 11.5. The highest BCUT2D eigenvalue weighted by atomic mass is 32.2. The topological polar surface area (TPSA) is 40.5 Å². The molecule has 0 aromatic heterocycles. The van der Waals surface area contributed by atoms with E-state index in [1.807, 2.05) is 34.6 Å². The van der Waals surface area contributed by atoms with Crippen LogP contribution in [0.5, 0.6) is 0 Å². The van der Waals surface area contributed by atoms with Crippen LogP contribution in [0.3, 0.4) is 0 Å². The van der Waals surface area contributed by atoms with Crippen molar-refractivity contribution in [2.75, 3.05) is 0 Å². The fourth-order valence-corrected chi connectivity index (χ4v) is 2.88. The van der Waals surface area contributed by atoms with E-state index in [9.17, 15) is 10.0 Å². The van der Waals surface area contributed by atoms with Crippen molar-refractivity contribution in [3.8, 4) is 0 Å². The van der Waals surface area contributed by atoms with E-state index in [1.165, 1.54) is 16.8 Å². The number of rotatable bonds is 6. The fourth-order valence-electron chi connectivity index (χ4n) is 1.82. The summed E-state index contributed by atoms with van der Waals surface area (Å²) in [6.07, 6.45) is 0.741. The Kier molecular flexibility index (Phi) is 6.45. The van der Waals surface area contributed by atoms with Crippen LogP contribution < -0.4 is 0 Å². The van der Waals surface area contributed by atoms with Gasteiger partial charge in [0.1, 0.15) is 0 Å². The summed E-state index contributed by atoms with van der Waals surface area (Å²) >= 11 is 1.29. The van der Waals surface area contributed by atoms with Gasteiger partial charge in [-0.05, 0) is 46.6 Å². The predicted octanol–water partition coefficient (Wildman–Crippen LogP) is 3.48. The standard InChI is InChI=1S/C13H25NO2S/c1-9(2)12(15)17-11(5)8-13(6,7)14(16)10(3)4/h10-11,16H,1,8H2,2-7H3. The molecule has 3 nitrogen and oxygen atoms in total. The van der Waals surface area contributed by atoms with Crippen LogP contribution in [0.25, 0.3) is 0 Å². The Morgan fingerprint density at radius 2 is 1.88 bits per heavy atom. The van der Waals surface area contributed by atoms with Gasteiger partial charge in [-0.15, -0.1) is 0 Å². The highest BCUT2D eigenvalue weighted by Gasteiger charge is 2.30. The van der Waals surface area contributed by atoms with Crippen molar-refractivity contribution >= 4 is 16.9 Å². The van der Waals surface area contributed by atoms with Crippen LogP contribution in [0.4, 0.5) is 0 Å². The first-order valence-corrected chi connectivity index (χ1v) is 6.80. The molecule has 0 saturated heterocycles. The molecule has 0 saturated carbocycles. The fraction of sp³-hybridized carbons (Fsp3) is 0.769. The third-order valence-electron chi connectivity index (χ3n) is 2.55. The monoisotopic (exact) mass is 259 g/mol. The second-order valence-electron chi connectivity index (χ2n) is 5.45. The Morgan fingerprint density at radius 3 is 2.24 bits per heavy atom. The zero-order valence-corrected chi connectivity index (χ0v) is 12.6. The summed E-state index contributed by atoms with van der Waals surface area (Å²) in [6, 6.07) is 0.0686. The Labute approximate surface area is 109 Å². The summed E-state index contributed by atoms with van der Waals surface area (Å²) in [5.41, 5.74) is 0.236. The number of hydrogen-bond acceptors (Lipinski definition) is 4. The number of nitrogens with zero attached hydrogens (tertiary/aromatic N) is 1. The molecular formula is C13H25NO2S. The van der Waals surface area contributed by atoms with Gasteiger partial charge in [-0.25, -0.2) is 0 Å².